The first kappa shape index (κ1) is 32.2. The van der Waals surface area contributed by atoms with Gasteiger partial charge in [-0.25, -0.2) is 17.6 Å². The van der Waals surface area contributed by atoms with Crippen molar-refractivity contribution in [1.29, 1.82) is 0 Å². The summed E-state index contributed by atoms with van der Waals surface area (Å²) in [7, 11) is -4.92. The van der Waals surface area contributed by atoms with Gasteiger partial charge in [0, 0.05) is 11.6 Å². The number of ether oxygens (including phenoxy) is 2. The third-order valence-electron chi connectivity index (χ3n) is 7.08. The van der Waals surface area contributed by atoms with Crippen LogP contribution in [0.3, 0.4) is 0 Å². The first-order valence-corrected chi connectivity index (χ1v) is 14.1. The molecule has 236 valence electrons. The topological polar surface area (TPSA) is 122 Å². The second-order valence-corrected chi connectivity index (χ2v) is 12.5. The van der Waals surface area contributed by atoms with Crippen molar-refractivity contribution < 1.29 is 63.3 Å². The monoisotopic (exact) mass is 642 g/mol. The van der Waals surface area contributed by atoms with Crippen LogP contribution in [-0.4, -0.2) is 50.0 Å². The van der Waals surface area contributed by atoms with E-state index in [-0.39, 0.29) is 29.1 Å². The molecule has 2 unspecified atom stereocenters. The first-order chi connectivity index (χ1) is 19.7. The molecule has 43 heavy (non-hydrogen) atoms. The molecule has 0 spiro atoms. The number of halogens is 7. The number of rotatable bonds is 8. The highest BCUT2D eigenvalue weighted by molar-refractivity contribution is 7.92. The van der Waals surface area contributed by atoms with Crippen LogP contribution in [-0.2, 0) is 25.7 Å². The quantitative estimate of drug-likeness (QED) is 0.329. The number of aliphatic carboxylic acids is 1. The fraction of sp³-hybridized carbons (Fsp3) is 0.462. The molecular formula is C26H25F7N2O7S. The van der Waals surface area contributed by atoms with E-state index in [9.17, 15) is 53.8 Å². The number of carboxylic acids is 1. The molecule has 2 N–H and O–H groups in total. The van der Waals surface area contributed by atoms with Crippen LogP contribution < -0.4 is 14.4 Å². The largest absolute Gasteiger partial charge is 0.486 e. The number of sulfonamides is 1. The predicted molar refractivity (Wildman–Crippen MR) is 135 cm³/mol. The molecule has 0 aromatic heterocycles. The zero-order chi connectivity index (χ0) is 32.1. The molecule has 1 heterocycles. The number of nitrogens with one attached hydrogen (secondary N) is 1. The van der Waals surface area contributed by atoms with Gasteiger partial charge in [-0.2, -0.15) is 26.3 Å². The van der Waals surface area contributed by atoms with E-state index in [1.165, 1.54) is 0 Å². The summed E-state index contributed by atoms with van der Waals surface area (Å²) in [5.41, 5.74) is -5.32. The SMILES string of the molecule is CC(C)(OC(=O)Nc1ccc2c(c1)N(S(=O)(=O)c1ccc(F)c(C(F)(F)F)c1)CC(C(CC(=O)O)C1CC1)O2)C(F)(F)F. The molecule has 2 atom stereocenters. The summed E-state index contributed by atoms with van der Waals surface area (Å²) in [6, 6.07) is 4.37. The van der Waals surface area contributed by atoms with Crippen LogP contribution in [0, 0.1) is 17.7 Å². The average Bonchev–Trinajstić information content (AvgIpc) is 3.70. The summed E-state index contributed by atoms with van der Waals surface area (Å²) in [6.07, 6.45) is -11.9. The lowest BCUT2D eigenvalue weighted by Gasteiger charge is -2.39. The Morgan fingerprint density at radius 2 is 1.74 bits per heavy atom. The fourth-order valence-corrected chi connectivity index (χ4v) is 6.08. The Balaban J connectivity index is 1.76. The fourth-order valence-electron chi connectivity index (χ4n) is 4.57. The van der Waals surface area contributed by atoms with Crippen LogP contribution >= 0.6 is 0 Å². The normalized spacial score (nSPS) is 18.3. The van der Waals surface area contributed by atoms with E-state index in [4.69, 9.17) is 4.74 Å². The molecule has 17 heteroatoms. The molecule has 2 aromatic rings. The number of nitrogens with zero attached hydrogens (tertiary/aromatic N) is 1. The van der Waals surface area contributed by atoms with Crippen LogP contribution in [0.1, 0.15) is 38.7 Å². The van der Waals surface area contributed by atoms with Crippen molar-refractivity contribution >= 4 is 33.5 Å². The van der Waals surface area contributed by atoms with E-state index in [0.29, 0.717) is 43.1 Å². The van der Waals surface area contributed by atoms with Gasteiger partial charge in [-0.05, 0) is 69.0 Å². The predicted octanol–water partition coefficient (Wildman–Crippen LogP) is 6.19. The average molecular weight is 643 g/mol. The van der Waals surface area contributed by atoms with Gasteiger partial charge in [0.25, 0.3) is 10.0 Å². The number of alkyl halides is 6. The summed E-state index contributed by atoms with van der Waals surface area (Å²) >= 11 is 0. The number of fused-ring (bicyclic) bond motifs is 1. The second kappa shape index (κ2) is 11.1. The summed E-state index contributed by atoms with van der Waals surface area (Å²) in [5.74, 6) is -3.87. The van der Waals surface area contributed by atoms with Crippen molar-refractivity contribution in [3.05, 3.63) is 47.8 Å². The molecule has 1 aliphatic carbocycles. The highest BCUT2D eigenvalue weighted by Crippen LogP contribution is 2.46. The Morgan fingerprint density at radius 3 is 2.30 bits per heavy atom. The maximum Gasteiger partial charge on any atom is 0.427 e. The van der Waals surface area contributed by atoms with Gasteiger partial charge in [-0.15, -0.1) is 0 Å². The van der Waals surface area contributed by atoms with E-state index < -0.39 is 81.3 Å². The number of hydrogen-bond acceptors (Lipinski definition) is 6. The zero-order valence-electron chi connectivity index (χ0n) is 22.4. The number of hydrogen-bond donors (Lipinski definition) is 2. The maximum absolute atomic E-state index is 14.0. The lowest BCUT2D eigenvalue weighted by molar-refractivity contribution is -0.242. The van der Waals surface area contributed by atoms with Crippen LogP contribution in [0.25, 0.3) is 0 Å². The number of benzene rings is 2. The highest BCUT2D eigenvalue weighted by atomic mass is 32.2. The number of amides is 1. The molecule has 0 saturated heterocycles. The minimum Gasteiger partial charge on any atom is -0.486 e. The maximum atomic E-state index is 14.0. The molecule has 1 fully saturated rings. The molecule has 0 radical (unpaired) electrons. The molecule has 1 amide bonds. The molecule has 2 aliphatic rings. The van der Waals surface area contributed by atoms with Gasteiger partial charge >= 0.3 is 24.4 Å². The third kappa shape index (κ3) is 6.91. The Labute approximate surface area is 240 Å². The van der Waals surface area contributed by atoms with Crippen LogP contribution in [0.2, 0.25) is 0 Å². The van der Waals surface area contributed by atoms with Crippen molar-refractivity contribution in [3.63, 3.8) is 0 Å². The number of carbonyl (C=O) groups is 2. The van der Waals surface area contributed by atoms with Crippen LogP contribution in [0.4, 0.5) is 46.9 Å². The van der Waals surface area contributed by atoms with Gasteiger partial charge in [-0.1, -0.05) is 0 Å². The standard InChI is InChI=1S/C26H25F7N2O7S/c1-24(2,26(31,32)33)42-23(38)34-14-5-8-20-19(9-14)35(12-21(41-20)16(11-22(36)37)13-3-4-13)43(39,40)15-6-7-18(27)17(10-15)25(28,29)30/h5-10,13,16,21H,3-4,11-12H2,1-2H3,(H,34,38)(H,36,37). The molecular weight excluding hydrogens is 617 g/mol. The molecule has 4 rings (SSSR count). The van der Waals surface area contributed by atoms with Crippen molar-refractivity contribution in [3.8, 4) is 5.75 Å². The Morgan fingerprint density at radius 1 is 1.09 bits per heavy atom. The lowest BCUT2D eigenvalue weighted by atomic mass is 9.92. The van der Waals surface area contributed by atoms with Gasteiger partial charge in [0.1, 0.15) is 17.7 Å². The molecule has 2 aromatic carbocycles. The summed E-state index contributed by atoms with van der Waals surface area (Å²) in [4.78, 5) is 22.8. The second-order valence-electron chi connectivity index (χ2n) is 10.6. The Hall–Kier alpha value is -3.76. The minimum absolute atomic E-state index is 0.114. The number of anilines is 2. The molecule has 1 aliphatic heterocycles. The Kier molecular flexibility index (Phi) is 8.27. The third-order valence-corrected chi connectivity index (χ3v) is 8.85. The van der Waals surface area contributed by atoms with Gasteiger partial charge in [0.15, 0.2) is 0 Å². The van der Waals surface area contributed by atoms with Crippen molar-refractivity contribution in [2.45, 2.75) is 62.1 Å². The van der Waals surface area contributed by atoms with Gasteiger partial charge < -0.3 is 14.6 Å². The van der Waals surface area contributed by atoms with Gasteiger partial charge in [-0.3, -0.25) is 14.4 Å². The first-order valence-electron chi connectivity index (χ1n) is 12.7. The lowest BCUT2D eigenvalue weighted by Crippen LogP contribution is -2.47. The van der Waals surface area contributed by atoms with E-state index >= 15 is 0 Å². The van der Waals surface area contributed by atoms with Crippen molar-refractivity contribution in [2.75, 3.05) is 16.2 Å². The summed E-state index contributed by atoms with van der Waals surface area (Å²) in [5, 5.41) is 11.5. The number of carboxylic acid groups (broad SMARTS) is 1. The van der Waals surface area contributed by atoms with E-state index in [0.717, 1.165) is 18.2 Å². The zero-order valence-corrected chi connectivity index (χ0v) is 23.2. The summed E-state index contributed by atoms with van der Waals surface area (Å²) < 4.78 is 132. The minimum atomic E-state index is -5.23. The molecule has 9 nitrogen and oxygen atoms in total. The van der Waals surface area contributed by atoms with Crippen molar-refractivity contribution in [1.82, 2.24) is 0 Å². The molecule has 0 bridgehead atoms. The van der Waals surface area contributed by atoms with Gasteiger partial charge in [0.05, 0.1) is 29.1 Å². The van der Waals surface area contributed by atoms with E-state index in [1.54, 1.807) is 0 Å². The van der Waals surface area contributed by atoms with Gasteiger partial charge in [0.2, 0.25) is 5.60 Å². The van der Waals surface area contributed by atoms with E-state index in [1.807, 2.05) is 5.32 Å². The molecule has 1 saturated carbocycles. The number of carbonyl (C=O) groups excluding carboxylic acids is 1. The summed E-state index contributed by atoms with van der Waals surface area (Å²) in [6.45, 7) is 0.636. The van der Waals surface area contributed by atoms with Crippen LogP contribution in [0.15, 0.2) is 41.3 Å². The van der Waals surface area contributed by atoms with E-state index in [2.05, 4.69) is 4.74 Å². The van der Waals surface area contributed by atoms with Crippen LogP contribution in [0.5, 0.6) is 5.75 Å². The smallest absolute Gasteiger partial charge is 0.427 e. The van der Waals surface area contributed by atoms with Crippen molar-refractivity contribution in [2.24, 2.45) is 11.8 Å². The highest BCUT2D eigenvalue weighted by Gasteiger charge is 2.51. The Bertz CT molecular complexity index is 1520.